The van der Waals surface area contributed by atoms with Crippen LogP contribution in [-0.2, 0) is 9.59 Å². The maximum Gasteiger partial charge on any atom is 0.270 e. The van der Waals surface area contributed by atoms with Gasteiger partial charge in [-0.05, 0) is 111 Å². The highest BCUT2D eigenvalue weighted by Gasteiger charge is 2.33. The first kappa shape index (κ1) is 26.9. The zero-order valence-electron chi connectivity index (χ0n) is 19.1. The van der Waals surface area contributed by atoms with E-state index in [9.17, 15) is 9.59 Å². The summed E-state index contributed by atoms with van der Waals surface area (Å²) < 4.78 is 7.62. The average molecular weight is 667 g/mol. The molecule has 0 atom stereocenters. The molecule has 1 fully saturated rings. The van der Waals surface area contributed by atoms with E-state index in [1.807, 2.05) is 38.1 Å². The molecule has 184 valence electrons. The molecule has 0 unspecified atom stereocenters. The van der Waals surface area contributed by atoms with Gasteiger partial charge in [-0.2, -0.15) is 0 Å². The fourth-order valence-corrected chi connectivity index (χ4v) is 5.62. The Kier molecular flexibility index (Phi) is 8.57. The van der Waals surface area contributed by atoms with Gasteiger partial charge in [-0.3, -0.25) is 14.5 Å². The van der Waals surface area contributed by atoms with Gasteiger partial charge in [0.1, 0.15) is 5.75 Å². The number of benzene rings is 3. The van der Waals surface area contributed by atoms with Crippen LogP contribution in [0.5, 0.6) is 5.75 Å². The molecule has 1 N–H and O–H groups in total. The smallest absolute Gasteiger partial charge is 0.270 e. The quantitative estimate of drug-likeness (QED) is 0.214. The molecule has 0 aliphatic carbocycles. The normalized spacial score (nSPS) is 14.5. The number of thiocarbonyl (C=S) groups is 1. The molecule has 10 heteroatoms. The zero-order valence-corrected chi connectivity index (χ0v) is 24.7. The summed E-state index contributed by atoms with van der Waals surface area (Å²) in [7, 11) is 0. The van der Waals surface area contributed by atoms with E-state index in [1.54, 1.807) is 36.4 Å². The van der Waals surface area contributed by atoms with Crippen LogP contribution in [0.4, 0.5) is 11.4 Å². The summed E-state index contributed by atoms with van der Waals surface area (Å²) in [6.45, 7) is 3.87. The molecule has 4 rings (SSSR count). The number of nitrogens with one attached hydrogen (secondary N) is 1. The van der Waals surface area contributed by atoms with Crippen molar-refractivity contribution in [1.82, 2.24) is 0 Å². The van der Waals surface area contributed by atoms with Crippen LogP contribution in [0.1, 0.15) is 16.7 Å². The number of rotatable bonds is 6. The summed E-state index contributed by atoms with van der Waals surface area (Å²) in [6, 6.07) is 16.3. The van der Waals surface area contributed by atoms with Crippen LogP contribution in [0.15, 0.2) is 68.4 Å². The molecule has 1 aliphatic heterocycles. The SMILES string of the molecule is Cc1cc(Br)c(NC(=O)COc2ccc(C=C3SC(=S)N(c4ccc(Br)c(Cl)c4)C3=O)cc2)cc1C. The molecule has 0 aromatic heterocycles. The van der Waals surface area contributed by atoms with Gasteiger partial charge >= 0.3 is 0 Å². The molecule has 1 heterocycles. The third-order valence-corrected chi connectivity index (χ3v) is 8.55. The summed E-state index contributed by atoms with van der Waals surface area (Å²) in [5.41, 5.74) is 4.34. The minimum atomic E-state index is -0.264. The van der Waals surface area contributed by atoms with Gasteiger partial charge < -0.3 is 10.1 Å². The molecule has 0 bridgehead atoms. The summed E-state index contributed by atoms with van der Waals surface area (Å²) in [6.07, 6.45) is 1.77. The number of ether oxygens (including phenoxy) is 1. The molecule has 1 aliphatic rings. The second-order valence-corrected chi connectivity index (χ2v) is 11.7. The molecule has 5 nitrogen and oxygen atoms in total. The molecule has 0 radical (unpaired) electrons. The lowest BCUT2D eigenvalue weighted by molar-refractivity contribution is -0.118. The van der Waals surface area contributed by atoms with E-state index in [4.69, 9.17) is 28.6 Å². The first-order valence-electron chi connectivity index (χ1n) is 10.6. The Bertz CT molecular complexity index is 1410. The van der Waals surface area contributed by atoms with E-state index in [0.717, 1.165) is 25.6 Å². The van der Waals surface area contributed by atoms with Gasteiger partial charge in [0, 0.05) is 8.95 Å². The van der Waals surface area contributed by atoms with Crippen molar-refractivity contribution in [2.24, 2.45) is 0 Å². The van der Waals surface area contributed by atoms with Gasteiger partial charge in [0.25, 0.3) is 11.8 Å². The number of thioether (sulfide) groups is 1. The molecule has 36 heavy (non-hydrogen) atoms. The Balaban J connectivity index is 1.38. The summed E-state index contributed by atoms with van der Waals surface area (Å²) in [5.74, 6) is 0.0659. The van der Waals surface area contributed by atoms with E-state index in [0.29, 0.717) is 31.4 Å². The van der Waals surface area contributed by atoms with Crippen LogP contribution < -0.4 is 15.0 Å². The van der Waals surface area contributed by atoms with Gasteiger partial charge in [-0.25, -0.2) is 0 Å². The number of amides is 2. The van der Waals surface area contributed by atoms with Gasteiger partial charge in [0.05, 0.1) is 21.3 Å². The molecule has 3 aromatic rings. The minimum absolute atomic E-state index is 0.132. The van der Waals surface area contributed by atoms with Crippen LogP contribution in [0.3, 0.4) is 0 Å². The van der Waals surface area contributed by atoms with Gasteiger partial charge in [-0.15, -0.1) is 0 Å². The number of hydrogen-bond donors (Lipinski definition) is 1. The summed E-state index contributed by atoms with van der Waals surface area (Å²) >= 11 is 19.7. The molecule has 3 aromatic carbocycles. The predicted octanol–water partition coefficient (Wildman–Crippen LogP) is 7.91. The van der Waals surface area contributed by atoms with Crippen LogP contribution in [0, 0.1) is 13.8 Å². The van der Waals surface area contributed by atoms with Crippen molar-refractivity contribution in [3.8, 4) is 5.75 Å². The predicted molar refractivity (Wildman–Crippen MR) is 159 cm³/mol. The third kappa shape index (κ3) is 6.20. The number of carbonyl (C=O) groups excluding carboxylic acids is 2. The maximum absolute atomic E-state index is 13.0. The van der Waals surface area contributed by atoms with E-state index in [1.165, 1.54) is 16.7 Å². The molecular formula is C26H19Br2ClN2O3S2. The highest BCUT2D eigenvalue weighted by atomic mass is 79.9. The fraction of sp³-hybridized carbons (Fsp3) is 0.115. The van der Waals surface area contributed by atoms with Crippen molar-refractivity contribution in [3.05, 3.63) is 90.2 Å². The number of halogens is 3. The molecule has 1 saturated heterocycles. The van der Waals surface area contributed by atoms with Gasteiger partial charge in [-0.1, -0.05) is 47.7 Å². The Morgan fingerprint density at radius 2 is 1.78 bits per heavy atom. The van der Waals surface area contributed by atoms with Crippen molar-refractivity contribution < 1.29 is 14.3 Å². The first-order chi connectivity index (χ1) is 17.1. The number of carbonyl (C=O) groups is 2. The van der Waals surface area contributed by atoms with E-state index >= 15 is 0 Å². The zero-order chi connectivity index (χ0) is 26.0. The lowest BCUT2D eigenvalue weighted by Crippen LogP contribution is -2.27. The van der Waals surface area contributed by atoms with Crippen molar-refractivity contribution in [2.45, 2.75) is 13.8 Å². The molecular weight excluding hydrogens is 648 g/mol. The van der Waals surface area contributed by atoms with E-state index in [2.05, 4.69) is 37.2 Å². The maximum atomic E-state index is 13.0. The lowest BCUT2D eigenvalue weighted by atomic mass is 10.1. The van der Waals surface area contributed by atoms with Crippen molar-refractivity contribution in [2.75, 3.05) is 16.8 Å². The Morgan fingerprint density at radius 1 is 1.08 bits per heavy atom. The van der Waals surface area contributed by atoms with E-state index < -0.39 is 0 Å². The number of hydrogen-bond acceptors (Lipinski definition) is 5. The topological polar surface area (TPSA) is 58.6 Å². The second kappa shape index (κ2) is 11.5. The van der Waals surface area contributed by atoms with Crippen molar-refractivity contribution in [1.29, 1.82) is 0 Å². The van der Waals surface area contributed by atoms with Crippen molar-refractivity contribution >= 4 is 101 Å². The average Bonchev–Trinajstić information content (AvgIpc) is 3.11. The van der Waals surface area contributed by atoms with E-state index in [-0.39, 0.29) is 18.4 Å². The third-order valence-electron chi connectivity index (χ3n) is 5.36. The summed E-state index contributed by atoms with van der Waals surface area (Å²) in [5, 5.41) is 3.35. The standard InChI is InChI=1S/C26H19Br2ClN2O3S2/c1-14-9-20(28)22(10-15(14)2)30-24(32)13-34-18-6-3-16(4-7-18)11-23-25(33)31(26(35)36-23)17-5-8-19(27)21(29)12-17/h3-12H,13H2,1-2H3,(H,30,32). The largest absolute Gasteiger partial charge is 0.484 e. The fourth-order valence-electron chi connectivity index (χ4n) is 3.34. The van der Waals surface area contributed by atoms with Crippen molar-refractivity contribution in [3.63, 3.8) is 0 Å². The number of nitrogens with zero attached hydrogens (tertiary/aromatic N) is 1. The summed E-state index contributed by atoms with van der Waals surface area (Å²) in [4.78, 5) is 27.3. The molecule has 0 spiro atoms. The van der Waals surface area contributed by atoms with Crippen LogP contribution in [0.2, 0.25) is 5.02 Å². The Hall–Kier alpha value is -2.17. The highest BCUT2D eigenvalue weighted by molar-refractivity contribution is 9.11. The second-order valence-electron chi connectivity index (χ2n) is 7.94. The minimum Gasteiger partial charge on any atom is -0.484 e. The Labute approximate surface area is 240 Å². The molecule has 2 amide bonds. The number of aryl methyl sites for hydroxylation is 2. The Morgan fingerprint density at radius 3 is 2.47 bits per heavy atom. The lowest BCUT2D eigenvalue weighted by Gasteiger charge is -2.15. The molecule has 0 saturated carbocycles. The first-order valence-corrected chi connectivity index (χ1v) is 13.8. The van der Waals surface area contributed by atoms with Crippen LogP contribution >= 0.6 is 67.4 Å². The van der Waals surface area contributed by atoms with Crippen LogP contribution in [0.25, 0.3) is 6.08 Å². The number of anilines is 2. The monoisotopic (exact) mass is 664 g/mol. The highest BCUT2D eigenvalue weighted by Crippen LogP contribution is 2.38. The van der Waals surface area contributed by atoms with Gasteiger partial charge in [0.15, 0.2) is 10.9 Å². The van der Waals surface area contributed by atoms with Gasteiger partial charge in [0.2, 0.25) is 0 Å². The van der Waals surface area contributed by atoms with Crippen LogP contribution in [-0.4, -0.2) is 22.7 Å².